The summed E-state index contributed by atoms with van der Waals surface area (Å²) in [5.41, 5.74) is 0. The molecule has 0 spiro atoms. The van der Waals surface area contributed by atoms with Crippen LogP contribution in [0, 0.1) is 0 Å². The van der Waals surface area contributed by atoms with Crippen molar-refractivity contribution in [1.29, 1.82) is 0 Å². The minimum absolute atomic E-state index is 1.06. The third-order valence-electron chi connectivity index (χ3n) is 4.68. The number of piperazine rings is 3. The van der Waals surface area contributed by atoms with Crippen molar-refractivity contribution in [3.63, 3.8) is 0 Å². The topological polar surface area (TPSA) is 3.24 Å². The molecule has 0 aromatic rings. The zero-order chi connectivity index (χ0) is 8.73. The molecular formula is C11H21N2+. The number of nitrogens with zero attached hydrogens (tertiary/aromatic N) is 2. The van der Waals surface area contributed by atoms with Crippen LogP contribution in [0.1, 0.15) is 25.7 Å². The van der Waals surface area contributed by atoms with Crippen molar-refractivity contribution >= 4 is 0 Å². The van der Waals surface area contributed by atoms with Gasteiger partial charge in [-0.1, -0.05) is 0 Å². The molecule has 0 amide bonds. The van der Waals surface area contributed by atoms with E-state index in [9.17, 15) is 0 Å². The first kappa shape index (κ1) is 8.25. The first-order chi connectivity index (χ1) is 6.39. The maximum atomic E-state index is 2.65. The van der Waals surface area contributed by atoms with Gasteiger partial charge in [-0.25, -0.2) is 0 Å². The lowest BCUT2D eigenvalue weighted by Crippen LogP contribution is -2.70. The number of fused-ring (bicyclic) bond motifs is 3. The second-order valence-electron chi connectivity index (χ2n) is 5.17. The molecule has 13 heavy (non-hydrogen) atoms. The maximum absolute atomic E-state index is 2.65. The highest BCUT2D eigenvalue weighted by atomic mass is 15.5. The molecule has 3 aliphatic heterocycles. The van der Waals surface area contributed by atoms with E-state index in [2.05, 4.69) is 4.90 Å². The van der Waals surface area contributed by atoms with Gasteiger partial charge in [0.2, 0.25) is 0 Å². The molecule has 1 aliphatic carbocycles. The monoisotopic (exact) mass is 181 g/mol. The summed E-state index contributed by atoms with van der Waals surface area (Å²) < 4.78 is 1.51. The predicted molar refractivity (Wildman–Crippen MR) is 53.6 cm³/mol. The minimum Gasteiger partial charge on any atom is -0.318 e. The van der Waals surface area contributed by atoms with Crippen LogP contribution < -0.4 is 0 Å². The van der Waals surface area contributed by atoms with Crippen molar-refractivity contribution in [1.82, 2.24) is 4.90 Å². The van der Waals surface area contributed by atoms with Crippen molar-refractivity contribution < 1.29 is 4.48 Å². The Labute approximate surface area is 81.1 Å². The quantitative estimate of drug-likeness (QED) is 0.547. The number of hydrogen-bond acceptors (Lipinski definition) is 1. The fourth-order valence-corrected chi connectivity index (χ4v) is 3.69. The van der Waals surface area contributed by atoms with Gasteiger partial charge < -0.3 is 4.48 Å². The molecule has 2 nitrogen and oxygen atoms in total. The van der Waals surface area contributed by atoms with Crippen LogP contribution in [0.4, 0.5) is 0 Å². The average Bonchev–Trinajstić information content (AvgIpc) is 2.74. The molecule has 4 aliphatic rings. The minimum atomic E-state index is 1.06. The van der Waals surface area contributed by atoms with Gasteiger partial charge in [0.1, 0.15) is 0 Å². The van der Waals surface area contributed by atoms with Gasteiger partial charge in [0.05, 0.1) is 25.7 Å². The molecule has 2 bridgehead atoms. The first-order valence-corrected chi connectivity index (χ1v) is 5.97. The lowest BCUT2D eigenvalue weighted by atomic mass is 10.0. The van der Waals surface area contributed by atoms with Crippen molar-refractivity contribution in [3.8, 4) is 0 Å². The van der Waals surface area contributed by atoms with Gasteiger partial charge in [-0.05, 0) is 25.7 Å². The Balaban J connectivity index is 1.78. The van der Waals surface area contributed by atoms with Crippen LogP contribution >= 0.6 is 0 Å². The Hall–Kier alpha value is -0.0800. The highest BCUT2D eigenvalue weighted by Crippen LogP contribution is 2.33. The second kappa shape index (κ2) is 2.96. The smallest absolute Gasteiger partial charge is 0.0918 e. The second-order valence-corrected chi connectivity index (χ2v) is 5.17. The summed E-state index contributed by atoms with van der Waals surface area (Å²) in [5, 5.41) is 0. The predicted octanol–water partition coefficient (Wildman–Crippen LogP) is 1.07. The van der Waals surface area contributed by atoms with Gasteiger partial charge in [-0.2, -0.15) is 0 Å². The summed E-state index contributed by atoms with van der Waals surface area (Å²) in [5.74, 6) is 0. The van der Waals surface area contributed by atoms with Crippen molar-refractivity contribution in [3.05, 3.63) is 0 Å². The molecule has 4 rings (SSSR count). The van der Waals surface area contributed by atoms with Gasteiger partial charge in [0.15, 0.2) is 0 Å². The molecule has 0 aromatic heterocycles. The van der Waals surface area contributed by atoms with Gasteiger partial charge in [-0.3, -0.25) is 4.90 Å². The highest BCUT2D eigenvalue weighted by molar-refractivity contribution is 4.77. The Kier molecular flexibility index (Phi) is 1.88. The largest absolute Gasteiger partial charge is 0.318 e. The van der Waals surface area contributed by atoms with Crippen LogP contribution in [0.25, 0.3) is 0 Å². The van der Waals surface area contributed by atoms with Crippen LogP contribution in [0.5, 0.6) is 0 Å². The molecule has 74 valence electrons. The van der Waals surface area contributed by atoms with Gasteiger partial charge in [0.25, 0.3) is 0 Å². The van der Waals surface area contributed by atoms with Gasteiger partial charge in [-0.15, -0.1) is 0 Å². The van der Waals surface area contributed by atoms with Crippen LogP contribution in [0.3, 0.4) is 0 Å². The Morgan fingerprint density at radius 1 is 0.846 bits per heavy atom. The lowest BCUT2D eigenvalue weighted by molar-refractivity contribution is -0.962. The van der Waals surface area contributed by atoms with Crippen LogP contribution in [0.15, 0.2) is 0 Å². The first-order valence-electron chi connectivity index (χ1n) is 5.97. The Bertz CT molecular complexity index is 174. The molecule has 2 heteroatoms. The molecule has 3 heterocycles. The van der Waals surface area contributed by atoms with E-state index in [0.29, 0.717) is 0 Å². The zero-order valence-corrected chi connectivity index (χ0v) is 8.54. The molecule has 0 N–H and O–H groups in total. The zero-order valence-electron chi connectivity index (χ0n) is 8.54. The Morgan fingerprint density at radius 2 is 1.38 bits per heavy atom. The number of hydrogen-bond donors (Lipinski definition) is 0. The molecule has 4 fully saturated rings. The molecule has 3 saturated heterocycles. The molecule has 1 saturated carbocycles. The molecule has 0 radical (unpaired) electrons. The van der Waals surface area contributed by atoms with Gasteiger partial charge in [0, 0.05) is 19.6 Å². The SMILES string of the molecule is C1CCC([N+]23CCN(CC2)CC3)C1. The average molecular weight is 181 g/mol. The molecule has 0 aromatic carbocycles. The third-order valence-corrected chi connectivity index (χ3v) is 4.68. The highest BCUT2D eigenvalue weighted by Gasteiger charge is 2.44. The summed E-state index contributed by atoms with van der Waals surface area (Å²) in [6.07, 6.45) is 6.07. The van der Waals surface area contributed by atoms with E-state index >= 15 is 0 Å². The van der Waals surface area contributed by atoms with E-state index in [1.165, 1.54) is 69.4 Å². The molecular weight excluding hydrogens is 160 g/mol. The molecule has 0 atom stereocenters. The van der Waals surface area contributed by atoms with E-state index in [-0.39, 0.29) is 0 Å². The lowest BCUT2D eigenvalue weighted by Gasteiger charge is -2.53. The van der Waals surface area contributed by atoms with Crippen LogP contribution in [-0.4, -0.2) is 54.7 Å². The standard InChI is InChI=1S/C11H21N2/c1-2-4-11(3-1)13-8-5-12(6-9-13)7-10-13/h11H,1-10H2/q+1. The van der Waals surface area contributed by atoms with Crippen LogP contribution in [-0.2, 0) is 0 Å². The van der Waals surface area contributed by atoms with Gasteiger partial charge >= 0.3 is 0 Å². The van der Waals surface area contributed by atoms with Crippen molar-refractivity contribution in [2.24, 2.45) is 0 Å². The Morgan fingerprint density at radius 3 is 1.92 bits per heavy atom. The molecule has 0 unspecified atom stereocenters. The summed E-state index contributed by atoms with van der Waals surface area (Å²) >= 11 is 0. The van der Waals surface area contributed by atoms with E-state index in [1.807, 2.05) is 0 Å². The van der Waals surface area contributed by atoms with Crippen molar-refractivity contribution in [2.75, 3.05) is 39.3 Å². The van der Waals surface area contributed by atoms with E-state index in [4.69, 9.17) is 0 Å². The van der Waals surface area contributed by atoms with E-state index in [0.717, 1.165) is 6.04 Å². The number of rotatable bonds is 1. The summed E-state index contributed by atoms with van der Waals surface area (Å²) in [6.45, 7) is 8.55. The maximum Gasteiger partial charge on any atom is 0.0918 e. The van der Waals surface area contributed by atoms with Crippen molar-refractivity contribution in [2.45, 2.75) is 31.7 Å². The normalized spacial score (nSPS) is 45.7. The number of quaternary nitrogens is 1. The summed E-state index contributed by atoms with van der Waals surface area (Å²) in [6, 6.07) is 1.06. The van der Waals surface area contributed by atoms with Crippen LogP contribution in [0.2, 0.25) is 0 Å². The van der Waals surface area contributed by atoms with E-state index < -0.39 is 0 Å². The van der Waals surface area contributed by atoms with E-state index in [1.54, 1.807) is 0 Å². The summed E-state index contributed by atoms with van der Waals surface area (Å²) in [4.78, 5) is 2.65. The summed E-state index contributed by atoms with van der Waals surface area (Å²) in [7, 11) is 0. The fourth-order valence-electron chi connectivity index (χ4n) is 3.69. The third kappa shape index (κ3) is 1.23. The fraction of sp³-hybridized carbons (Fsp3) is 1.00.